The molecule has 1 fully saturated rings. The predicted molar refractivity (Wildman–Crippen MR) is 101 cm³/mol. The van der Waals surface area contributed by atoms with Gasteiger partial charge in [0.15, 0.2) is 5.96 Å². The Morgan fingerprint density at radius 3 is 2.70 bits per heavy atom. The van der Waals surface area contributed by atoms with Crippen LogP contribution in [-0.2, 0) is 21.3 Å². The van der Waals surface area contributed by atoms with Crippen molar-refractivity contribution in [3.05, 3.63) is 17.0 Å². The first kappa shape index (κ1) is 18.9. The molecule has 7 nitrogen and oxygen atoms in total. The Labute approximate surface area is 157 Å². The first-order valence-electron chi connectivity index (χ1n) is 7.23. The van der Waals surface area contributed by atoms with Crippen molar-refractivity contribution in [2.45, 2.75) is 10.8 Å². The van der Waals surface area contributed by atoms with E-state index in [1.165, 1.54) is 15.6 Å². The molecule has 0 unspecified atom stereocenters. The molecule has 0 spiro atoms. The highest BCUT2D eigenvalue weighted by Gasteiger charge is 2.27. The van der Waals surface area contributed by atoms with E-state index in [4.69, 9.17) is 4.74 Å². The third-order valence-electron chi connectivity index (χ3n) is 3.68. The summed E-state index contributed by atoms with van der Waals surface area (Å²) in [6.07, 6.45) is 0. The van der Waals surface area contributed by atoms with Gasteiger partial charge in [-0.3, -0.25) is 4.99 Å². The Hall–Kier alpha value is -0.430. The number of rotatable bonds is 4. The summed E-state index contributed by atoms with van der Waals surface area (Å²) in [4.78, 5) is 7.39. The number of ether oxygens (including phenoxy) is 1. The lowest BCUT2D eigenvalue weighted by atomic mass is 10.5. The lowest BCUT2D eigenvalue weighted by Gasteiger charge is -2.25. The SMILES string of the molecule is CN1CCN=C1NCc1ccc(S(=O)(=O)N2CCOCC2)s1.I. The van der Waals surface area contributed by atoms with Crippen molar-refractivity contribution in [3.63, 3.8) is 0 Å². The van der Waals surface area contributed by atoms with Gasteiger partial charge in [0.25, 0.3) is 10.0 Å². The summed E-state index contributed by atoms with van der Waals surface area (Å²) in [7, 11) is -1.40. The second kappa shape index (κ2) is 8.10. The monoisotopic (exact) mass is 472 g/mol. The molecule has 0 atom stereocenters. The van der Waals surface area contributed by atoms with Crippen LogP contribution in [0.25, 0.3) is 0 Å². The summed E-state index contributed by atoms with van der Waals surface area (Å²) in [6.45, 7) is 4.09. The summed E-state index contributed by atoms with van der Waals surface area (Å²) in [6, 6.07) is 3.55. The second-order valence-corrected chi connectivity index (χ2v) is 8.55. The van der Waals surface area contributed by atoms with Crippen molar-refractivity contribution < 1.29 is 13.2 Å². The summed E-state index contributed by atoms with van der Waals surface area (Å²) in [5.41, 5.74) is 0. The number of aliphatic imine (C=N–C) groups is 1. The molecule has 1 aromatic rings. The molecule has 1 N–H and O–H groups in total. The molecule has 0 saturated carbocycles. The minimum Gasteiger partial charge on any atom is -0.379 e. The van der Waals surface area contributed by atoms with Gasteiger partial charge in [-0.1, -0.05) is 0 Å². The molecule has 2 aliphatic rings. The molecule has 23 heavy (non-hydrogen) atoms. The van der Waals surface area contributed by atoms with E-state index >= 15 is 0 Å². The highest BCUT2D eigenvalue weighted by Crippen LogP contribution is 2.25. The van der Waals surface area contributed by atoms with Crippen molar-refractivity contribution in [2.24, 2.45) is 4.99 Å². The maximum Gasteiger partial charge on any atom is 0.252 e. The average molecular weight is 472 g/mol. The number of nitrogens with one attached hydrogen (secondary N) is 1. The fraction of sp³-hybridized carbons (Fsp3) is 0.615. The molecule has 0 aromatic carbocycles. The van der Waals surface area contributed by atoms with Crippen molar-refractivity contribution in [1.29, 1.82) is 0 Å². The number of halogens is 1. The van der Waals surface area contributed by atoms with E-state index in [0.717, 1.165) is 23.9 Å². The van der Waals surface area contributed by atoms with Crippen LogP contribution in [0.2, 0.25) is 0 Å². The van der Waals surface area contributed by atoms with Crippen LogP contribution in [-0.4, -0.2) is 70.0 Å². The lowest BCUT2D eigenvalue weighted by Crippen LogP contribution is -2.40. The fourth-order valence-corrected chi connectivity index (χ4v) is 5.25. The minimum absolute atomic E-state index is 0. The molecule has 0 amide bonds. The van der Waals surface area contributed by atoms with Crippen LogP contribution in [0, 0.1) is 0 Å². The van der Waals surface area contributed by atoms with Crippen LogP contribution >= 0.6 is 35.3 Å². The van der Waals surface area contributed by atoms with Gasteiger partial charge in [-0.2, -0.15) is 4.31 Å². The van der Waals surface area contributed by atoms with Crippen LogP contribution in [0.4, 0.5) is 0 Å². The largest absolute Gasteiger partial charge is 0.379 e. The van der Waals surface area contributed by atoms with Crippen LogP contribution in [0.3, 0.4) is 0 Å². The number of guanidine groups is 1. The van der Waals surface area contributed by atoms with Crippen molar-refractivity contribution in [2.75, 3.05) is 46.4 Å². The number of nitrogens with zero attached hydrogens (tertiary/aromatic N) is 3. The standard InChI is InChI=1S/C13H20N4O3S2.HI/c1-16-5-4-14-13(16)15-10-11-2-3-12(21-11)22(18,19)17-6-8-20-9-7-17;/h2-3H,4-10H2,1H3,(H,14,15);1H. The van der Waals surface area contributed by atoms with Crippen LogP contribution < -0.4 is 5.32 Å². The van der Waals surface area contributed by atoms with E-state index in [-0.39, 0.29) is 24.0 Å². The second-order valence-electron chi connectivity index (χ2n) is 5.22. The Kier molecular flexibility index (Phi) is 6.66. The summed E-state index contributed by atoms with van der Waals surface area (Å²) < 4.78 is 32.2. The molecule has 1 aromatic heterocycles. The molecular weight excluding hydrogens is 451 g/mol. The van der Waals surface area contributed by atoms with Gasteiger partial charge >= 0.3 is 0 Å². The zero-order chi connectivity index (χ0) is 15.6. The number of hydrogen-bond donors (Lipinski definition) is 1. The van der Waals surface area contributed by atoms with Crippen molar-refractivity contribution in [1.82, 2.24) is 14.5 Å². The zero-order valence-corrected chi connectivity index (χ0v) is 16.9. The zero-order valence-electron chi connectivity index (χ0n) is 12.9. The number of hydrogen-bond acceptors (Lipinski definition) is 7. The third kappa shape index (κ3) is 4.35. The molecule has 3 rings (SSSR count). The number of thiophene rings is 1. The number of likely N-dealkylation sites (N-methyl/N-ethyl adjacent to an activating group) is 1. The topological polar surface area (TPSA) is 74.2 Å². The molecule has 0 aliphatic carbocycles. The van der Waals surface area contributed by atoms with Crippen LogP contribution in [0.1, 0.15) is 4.88 Å². The van der Waals surface area contributed by atoms with Gasteiger partial charge in [-0.05, 0) is 12.1 Å². The van der Waals surface area contributed by atoms with Crippen molar-refractivity contribution in [3.8, 4) is 0 Å². The molecular formula is C13H21IN4O3S2. The van der Waals surface area contributed by atoms with E-state index < -0.39 is 10.0 Å². The molecule has 2 aliphatic heterocycles. The Bertz CT molecular complexity index is 656. The van der Waals surface area contributed by atoms with Crippen molar-refractivity contribution >= 4 is 51.3 Å². The normalized spacial score (nSPS) is 19.3. The smallest absolute Gasteiger partial charge is 0.252 e. The summed E-state index contributed by atoms with van der Waals surface area (Å²) >= 11 is 1.31. The molecule has 3 heterocycles. The Morgan fingerprint density at radius 1 is 1.30 bits per heavy atom. The fourth-order valence-electron chi connectivity index (χ4n) is 2.40. The van der Waals surface area contributed by atoms with Gasteiger partial charge < -0.3 is 15.0 Å². The summed E-state index contributed by atoms with van der Waals surface area (Å²) in [5.74, 6) is 0.867. The summed E-state index contributed by atoms with van der Waals surface area (Å²) in [5, 5.41) is 3.25. The van der Waals surface area contributed by atoms with Gasteiger partial charge in [0, 0.05) is 31.6 Å². The van der Waals surface area contributed by atoms with Gasteiger partial charge in [-0.25, -0.2) is 8.42 Å². The van der Waals surface area contributed by atoms with E-state index in [9.17, 15) is 8.42 Å². The highest BCUT2D eigenvalue weighted by atomic mass is 127. The maximum absolute atomic E-state index is 12.5. The first-order chi connectivity index (χ1) is 10.6. The molecule has 0 bridgehead atoms. The average Bonchev–Trinajstić information content (AvgIpc) is 3.15. The molecule has 10 heteroatoms. The molecule has 0 radical (unpaired) electrons. The molecule has 130 valence electrons. The maximum atomic E-state index is 12.5. The Balaban J connectivity index is 0.00000192. The van der Waals surface area contributed by atoms with E-state index in [2.05, 4.69) is 15.2 Å². The van der Waals surface area contributed by atoms with E-state index in [0.29, 0.717) is 37.1 Å². The quantitative estimate of drug-likeness (QED) is 0.656. The number of sulfonamides is 1. The van der Waals surface area contributed by atoms with Crippen LogP contribution in [0.15, 0.2) is 21.3 Å². The van der Waals surface area contributed by atoms with Gasteiger partial charge in [-0.15, -0.1) is 35.3 Å². The number of morpholine rings is 1. The highest BCUT2D eigenvalue weighted by molar-refractivity contribution is 14.0. The molecule has 1 saturated heterocycles. The van der Waals surface area contributed by atoms with E-state index in [1.807, 2.05) is 13.1 Å². The van der Waals surface area contributed by atoms with Gasteiger partial charge in [0.1, 0.15) is 4.21 Å². The Morgan fingerprint density at radius 2 is 2.04 bits per heavy atom. The van der Waals surface area contributed by atoms with Gasteiger partial charge in [0.05, 0.1) is 26.3 Å². The van der Waals surface area contributed by atoms with Gasteiger partial charge in [0.2, 0.25) is 0 Å². The lowest BCUT2D eigenvalue weighted by molar-refractivity contribution is 0.0731. The van der Waals surface area contributed by atoms with Crippen LogP contribution in [0.5, 0.6) is 0 Å². The third-order valence-corrected chi connectivity index (χ3v) is 7.13. The minimum atomic E-state index is -3.39. The van der Waals surface area contributed by atoms with E-state index in [1.54, 1.807) is 6.07 Å². The first-order valence-corrected chi connectivity index (χ1v) is 9.49. The predicted octanol–water partition coefficient (Wildman–Crippen LogP) is 0.778.